The number of rotatable bonds is 7. The summed E-state index contributed by atoms with van der Waals surface area (Å²) in [5.41, 5.74) is 2.38. The predicted molar refractivity (Wildman–Crippen MR) is 123 cm³/mol. The second-order valence-corrected chi connectivity index (χ2v) is 8.94. The summed E-state index contributed by atoms with van der Waals surface area (Å²) in [4.78, 5) is 37.4. The topological polar surface area (TPSA) is 87.8 Å². The third kappa shape index (κ3) is 4.20. The summed E-state index contributed by atoms with van der Waals surface area (Å²) in [5, 5.41) is 1.15. The van der Waals surface area contributed by atoms with Gasteiger partial charge in [-0.25, -0.2) is 4.98 Å². The molecule has 6 nitrogen and oxygen atoms in total. The van der Waals surface area contributed by atoms with Crippen molar-refractivity contribution in [3.63, 3.8) is 0 Å². The molecule has 2 N–H and O–H groups in total. The standard InChI is InChI=1S/C22H21N3O3S2/c1-3-9-28-17-11-23-15(10-16(17)26)12-29-22-24-20(27)19-18(13(2)30-21(19)25-22)14-7-5-4-6-8-14/h4-8,10-11H,3,9,12H2,1-2H3,(H,23,26)(H,24,25,27). The summed E-state index contributed by atoms with van der Waals surface area (Å²) < 4.78 is 5.41. The van der Waals surface area contributed by atoms with Crippen molar-refractivity contribution in [3.8, 4) is 16.9 Å². The fourth-order valence-corrected chi connectivity index (χ4v) is 5.06. The van der Waals surface area contributed by atoms with E-state index >= 15 is 0 Å². The van der Waals surface area contributed by atoms with E-state index in [-0.39, 0.29) is 11.0 Å². The van der Waals surface area contributed by atoms with Crippen LogP contribution in [0.1, 0.15) is 23.9 Å². The third-order valence-corrected chi connectivity index (χ3v) is 6.46. The van der Waals surface area contributed by atoms with Crippen molar-refractivity contribution >= 4 is 33.3 Å². The van der Waals surface area contributed by atoms with Crippen molar-refractivity contribution in [2.75, 3.05) is 6.61 Å². The van der Waals surface area contributed by atoms with Crippen LogP contribution in [0.2, 0.25) is 0 Å². The highest BCUT2D eigenvalue weighted by atomic mass is 32.2. The molecule has 1 aromatic carbocycles. The van der Waals surface area contributed by atoms with Crippen molar-refractivity contribution in [2.24, 2.45) is 0 Å². The molecule has 4 rings (SSSR count). The molecule has 4 aromatic rings. The lowest BCUT2D eigenvalue weighted by molar-refractivity contribution is 0.313. The van der Waals surface area contributed by atoms with E-state index in [0.717, 1.165) is 32.9 Å². The number of hydrogen-bond acceptors (Lipinski definition) is 6. The monoisotopic (exact) mass is 439 g/mol. The molecule has 0 saturated carbocycles. The Balaban J connectivity index is 1.59. The molecule has 0 aliphatic carbocycles. The zero-order valence-electron chi connectivity index (χ0n) is 16.7. The summed E-state index contributed by atoms with van der Waals surface area (Å²) in [6.45, 7) is 4.50. The van der Waals surface area contributed by atoms with Crippen LogP contribution in [0.3, 0.4) is 0 Å². The maximum absolute atomic E-state index is 12.8. The van der Waals surface area contributed by atoms with Gasteiger partial charge < -0.3 is 14.7 Å². The van der Waals surface area contributed by atoms with E-state index in [1.54, 1.807) is 6.20 Å². The van der Waals surface area contributed by atoms with Crippen LogP contribution >= 0.6 is 23.1 Å². The van der Waals surface area contributed by atoms with Crippen LogP contribution in [0.15, 0.2) is 57.3 Å². The lowest BCUT2D eigenvalue weighted by atomic mass is 10.0. The van der Waals surface area contributed by atoms with Crippen LogP contribution in [-0.2, 0) is 5.75 Å². The molecule has 0 fully saturated rings. The second-order valence-electron chi connectivity index (χ2n) is 6.77. The lowest BCUT2D eigenvalue weighted by Gasteiger charge is -2.06. The Morgan fingerprint density at radius 3 is 2.73 bits per heavy atom. The number of hydrogen-bond donors (Lipinski definition) is 2. The van der Waals surface area contributed by atoms with Gasteiger partial charge in [0.2, 0.25) is 5.43 Å². The molecule has 3 aromatic heterocycles. The molecule has 0 unspecified atom stereocenters. The number of ether oxygens (including phenoxy) is 1. The molecule has 0 amide bonds. The van der Waals surface area contributed by atoms with Crippen LogP contribution in [0.4, 0.5) is 0 Å². The second kappa shape index (κ2) is 8.89. The Labute approximate surface area is 181 Å². The first kappa shape index (κ1) is 20.4. The van der Waals surface area contributed by atoms with Gasteiger partial charge in [0.1, 0.15) is 4.83 Å². The van der Waals surface area contributed by atoms with Crippen molar-refractivity contribution in [3.05, 3.63) is 73.7 Å². The maximum Gasteiger partial charge on any atom is 0.260 e. The number of nitrogens with one attached hydrogen (secondary N) is 2. The number of aromatic amines is 2. The van der Waals surface area contributed by atoms with Gasteiger partial charge in [0.05, 0.1) is 12.0 Å². The lowest BCUT2D eigenvalue weighted by Crippen LogP contribution is -2.10. The van der Waals surface area contributed by atoms with Gasteiger partial charge in [0.25, 0.3) is 5.56 Å². The zero-order chi connectivity index (χ0) is 21.1. The first-order chi connectivity index (χ1) is 14.6. The van der Waals surface area contributed by atoms with Gasteiger partial charge >= 0.3 is 0 Å². The molecule has 0 radical (unpaired) electrons. The molecule has 0 aliphatic rings. The molecular formula is C22H21N3O3S2. The van der Waals surface area contributed by atoms with Gasteiger partial charge in [-0.3, -0.25) is 9.59 Å². The smallest absolute Gasteiger partial charge is 0.260 e. The Morgan fingerprint density at radius 2 is 2.00 bits per heavy atom. The van der Waals surface area contributed by atoms with E-state index in [1.807, 2.05) is 44.2 Å². The molecule has 154 valence electrons. The molecule has 30 heavy (non-hydrogen) atoms. The minimum absolute atomic E-state index is 0.150. The van der Waals surface area contributed by atoms with Crippen LogP contribution in [0, 0.1) is 6.92 Å². The van der Waals surface area contributed by atoms with Crippen molar-refractivity contribution in [1.82, 2.24) is 15.0 Å². The van der Waals surface area contributed by atoms with Gasteiger partial charge in [0.15, 0.2) is 10.9 Å². The number of aromatic nitrogens is 3. The van der Waals surface area contributed by atoms with Gasteiger partial charge in [-0.2, -0.15) is 0 Å². The highest BCUT2D eigenvalue weighted by Crippen LogP contribution is 2.36. The van der Waals surface area contributed by atoms with Gasteiger partial charge in [-0.05, 0) is 18.9 Å². The first-order valence-corrected chi connectivity index (χ1v) is 11.4. The van der Waals surface area contributed by atoms with E-state index in [0.29, 0.717) is 28.7 Å². The molecule has 0 spiro atoms. The van der Waals surface area contributed by atoms with Crippen LogP contribution in [-0.4, -0.2) is 21.6 Å². The number of fused-ring (bicyclic) bond motifs is 1. The molecule has 3 heterocycles. The van der Waals surface area contributed by atoms with Crippen molar-refractivity contribution in [2.45, 2.75) is 31.2 Å². The number of pyridine rings is 1. The zero-order valence-corrected chi connectivity index (χ0v) is 18.3. The number of thiophene rings is 1. The van der Waals surface area contributed by atoms with Crippen LogP contribution < -0.4 is 15.7 Å². The summed E-state index contributed by atoms with van der Waals surface area (Å²) in [6.07, 6.45) is 2.43. The third-order valence-electron chi connectivity index (χ3n) is 4.54. The molecule has 0 aliphatic heterocycles. The normalized spacial score (nSPS) is 11.1. The minimum Gasteiger partial charge on any atom is -0.488 e. The van der Waals surface area contributed by atoms with Gasteiger partial charge in [-0.15, -0.1) is 11.3 Å². The maximum atomic E-state index is 12.8. The molecule has 0 bridgehead atoms. The van der Waals surface area contributed by atoms with E-state index in [4.69, 9.17) is 4.74 Å². The first-order valence-electron chi connectivity index (χ1n) is 9.63. The van der Waals surface area contributed by atoms with E-state index in [9.17, 15) is 9.59 Å². The Kier molecular flexibility index (Phi) is 6.06. The average Bonchev–Trinajstić information content (AvgIpc) is 3.08. The van der Waals surface area contributed by atoms with Crippen molar-refractivity contribution < 1.29 is 4.74 Å². The quantitative estimate of drug-likeness (QED) is 0.321. The average molecular weight is 440 g/mol. The summed E-state index contributed by atoms with van der Waals surface area (Å²) in [6, 6.07) is 11.4. The summed E-state index contributed by atoms with van der Waals surface area (Å²) >= 11 is 2.89. The fourth-order valence-electron chi connectivity index (χ4n) is 3.17. The van der Waals surface area contributed by atoms with Gasteiger partial charge in [0, 0.05) is 34.2 Å². The van der Waals surface area contributed by atoms with Crippen LogP contribution in [0.25, 0.3) is 21.3 Å². The number of benzene rings is 1. The largest absolute Gasteiger partial charge is 0.488 e. The van der Waals surface area contributed by atoms with Crippen molar-refractivity contribution in [1.29, 1.82) is 0 Å². The van der Waals surface area contributed by atoms with E-state index < -0.39 is 0 Å². The summed E-state index contributed by atoms with van der Waals surface area (Å²) in [5.74, 6) is 0.800. The minimum atomic E-state index is -0.156. The molecule has 0 saturated heterocycles. The molecule has 0 atom stereocenters. The summed E-state index contributed by atoms with van der Waals surface area (Å²) in [7, 11) is 0. The highest BCUT2D eigenvalue weighted by molar-refractivity contribution is 7.98. The molecular weight excluding hydrogens is 418 g/mol. The van der Waals surface area contributed by atoms with Crippen LogP contribution in [0.5, 0.6) is 5.75 Å². The Hall–Kier alpha value is -2.84. The predicted octanol–water partition coefficient (Wildman–Crippen LogP) is 4.73. The number of H-pyrrole nitrogens is 2. The van der Waals surface area contributed by atoms with E-state index in [1.165, 1.54) is 29.2 Å². The van der Waals surface area contributed by atoms with Gasteiger partial charge in [-0.1, -0.05) is 49.0 Å². The molecule has 8 heteroatoms. The number of nitrogens with zero attached hydrogens (tertiary/aromatic N) is 1. The van der Waals surface area contributed by atoms with E-state index in [2.05, 4.69) is 15.0 Å². The number of thioether (sulfide) groups is 1. The Morgan fingerprint density at radius 1 is 1.20 bits per heavy atom. The fraction of sp³-hybridized carbons (Fsp3) is 0.227. The Bertz CT molecular complexity index is 1290. The highest BCUT2D eigenvalue weighted by Gasteiger charge is 2.16. The number of aryl methyl sites for hydroxylation is 1. The SMILES string of the molecule is CCCOc1c[nH]c(CSc2nc3sc(C)c(-c4ccccc4)c3c(=O)[nH]2)cc1=O.